The predicted molar refractivity (Wildman–Crippen MR) is 37.0 cm³/mol. The van der Waals surface area contributed by atoms with E-state index in [1.807, 2.05) is 0 Å². The summed E-state index contributed by atoms with van der Waals surface area (Å²) in [6, 6.07) is 1.23. The maximum absolute atomic E-state index is 5.17. The Morgan fingerprint density at radius 1 is 1.22 bits per heavy atom. The molecule has 1 rings (SSSR count). The number of hydrogen-bond donors (Lipinski definition) is 0. The highest BCUT2D eigenvalue weighted by molar-refractivity contribution is 4.75. The van der Waals surface area contributed by atoms with Crippen molar-refractivity contribution in [3.05, 3.63) is 0 Å². The van der Waals surface area contributed by atoms with E-state index < -0.39 is 0 Å². The lowest BCUT2D eigenvalue weighted by Crippen LogP contribution is -2.31. The van der Waals surface area contributed by atoms with E-state index in [2.05, 4.69) is 18.9 Å². The molecule has 1 aliphatic heterocycles. The van der Waals surface area contributed by atoms with E-state index >= 15 is 0 Å². The first kappa shape index (κ1) is 7.03. The highest BCUT2D eigenvalue weighted by atomic mass is 16.7. The first-order valence-corrected chi connectivity index (χ1v) is 3.58. The molecule has 0 saturated carbocycles. The number of hydroxylamine groups is 2. The average molecular weight is 129 g/mol. The van der Waals surface area contributed by atoms with Gasteiger partial charge in [0.1, 0.15) is 0 Å². The van der Waals surface area contributed by atoms with Crippen molar-refractivity contribution in [2.24, 2.45) is 0 Å². The van der Waals surface area contributed by atoms with E-state index in [0.717, 1.165) is 0 Å². The van der Waals surface area contributed by atoms with Gasteiger partial charge in [0.05, 0.1) is 7.11 Å². The van der Waals surface area contributed by atoms with Crippen LogP contribution in [0.15, 0.2) is 0 Å². The molecule has 0 radical (unpaired) electrons. The Hall–Kier alpha value is -0.0800. The predicted octanol–water partition coefficient (Wildman–Crippen LogP) is 1.42. The van der Waals surface area contributed by atoms with Crippen molar-refractivity contribution in [3.8, 4) is 0 Å². The van der Waals surface area contributed by atoms with Crippen LogP contribution in [0.25, 0.3) is 0 Å². The van der Waals surface area contributed by atoms with E-state index in [1.165, 1.54) is 12.8 Å². The molecule has 1 fully saturated rings. The van der Waals surface area contributed by atoms with Gasteiger partial charge in [0.15, 0.2) is 0 Å². The molecule has 0 aromatic carbocycles. The number of nitrogens with zero attached hydrogens (tertiary/aromatic N) is 1. The topological polar surface area (TPSA) is 12.5 Å². The molecule has 0 spiro atoms. The molecule has 0 aromatic rings. The minimum absolute atomic E-state index is 0.616. The molecule has 0 aromatic heterocycles. The maximum Gasteiger partial charge on any atom is 0.0575 e. The van der Waals surface area contributed by atoms with E-state index in [9.17, 15) is 0 Å². The van der Waals surface area contributed by atoms with Gasteiger partial charge in [0, 0.05) is 12.1 Å². The largest absolute Gasteiger partial charge is 0.302 e. The fourth-order valence-corrected chi connectivity index (χ4v) is 1.53. The van der Waals surface area contributed by atoms with Crippen molar-refractivity contribution >= 4 is 0 Å². The molecule has 9 heavy (non-hydrogen) atoms. The quantitative estimate of drug-likeness (QED) is 0.531. The summed E-state index contributed by atoms with van der Waals surface area (Å²) in [6.45, 7) is 4.40. The molecular weight excluding hydrogens is 114 g/mol. The molecule has 54 valence electrons. The molecular formula is C7H15NO. The van der Waals surface area contributed by atoms with E-state index in [0.29, 0.717) is 12.1 Å². The van der Waals surface area contributed by atoms with Gasteiger partial charge < -0.3 is 4.84 Å². The van der Waals surface area contributed by atoms with Crippen LogP contribution in [0, 0.1) is 0 Å². The molecule has 0 amide bonds. The summed E-state index contributed by atoms with van der Waals surface area (Å²) in [5.74, 6) is 0. The Labute approximate surface area is 56.8 Å². The van der Waals surface area contributed by atoms with E-state index in [4.69, 9.17) is 4.84 Å². The van der Waals surface area contributed by atoms with Crippen molar-refractivity contribution in [3.63, 3.8) is 0 Å². The van der Waals surface area contributed by atoms with Crippen LogP contribution >= 0.6 is 0 Å². The summed E-state index contributed by atoms with van der Waals surface area (Å²) in [6.07, 6.45) is 2.55. The molecule has 0 N–H and O–H groups in total. The van der Waals surface area contributed by atoms with Gasteiger partial charge in [0.25, 0.3) is 0 Å². The highest BCUT2D eigenvalue weighted by Gasteiger charge is 2.26. The third kappa shape index (κ3) is 1.25. The molecule has 0 bridgehead atoms. The van der Waals surface area contributed by atoms with Crippen LogP contribution in [0.5, 0.6) is 0 Å². The zero-order valence-corrected chi connectivity index (χ0v) is 6.42. The summed E-state index contributed by atoms with van der Waals surface area (Å²) in [4.78, 5) is 5.17. The van der Waals surface area contributed by atoms with Crippen molar-refractivity contribution in [1.29, 1.82) is 0 Å². The first-order valence-electron chi connectivity index (χ1n) is 3.58. The molecule has 2 nitrogen and oxygen atoms in total. The average Bonchev–Trinajstić information content (AvgIpc) is 2.12. The third-order valence-corrected chi connectivity index (χ3v) is 2.08. The summed E-state index contributed by atoms with van der Waals surface area (Å²) < 4.78 is 0. The third-order valence-electron chi connectivity index (χ3n) is 2.08. The van der Waals surface area contributed by atoms with Gasteiger partial charge in [-0.1, -0.05) is 0 Å². The Morgan fingerprint density at radius 2 is 1.67 bits per heavy atom. The normalized spacial score (nSPS) is 37.7. The monoisotopic (exact) mass is 129 g/mol. The van der Waals surface area contributed by atoms with Crippen LogP contribution in [0.2, 0.25) is 0 Å². The van der Waals surface area contributed by atoms with Gasteiger partial charge in [-0.2, -0.15) is 5.06 Å². The molecule has 1 heterocycles. The second kappa shape index (κ2) is 2.67. The summed E-state index contributed by atoms with van der Waals surface area (Å²) in [5, 5.41) is 2.07. The van der Waals surface area contributed by atoms with Crippen molar-refractivity contribution in [2.45, 2.75) is 38.8 Å². The lowest BCUT2D eigenvalue weighted by molar-refractivity contribution is -0.160. The zero-order chi connectivity index (χ0) is 6.85. The fourth-order valence-electron chi connectivity index (χ4n) is 1.53. The van der Waals surface area contributed by atoms with Crippen LogP contribution in [0.3, 0.4) is 0 Å². The lowest BCUT2D eigenvalue weighted by atomic mass is 10.2. The van der Waals surface area contributed by atoms with Crippen LogP contribution in [-0.2, 0) is 4.84 Å². The molecule has 2 heteroatoms. The second-order valence-electron chi connectivity index (χ2n) is 2.82. The fraction of sp³-hybridized carbons (Fsp3) is 1.00. The summed E-state index contributed by atoms with van der Waals surface area (Å²) >= 11 is 0. The molecule has 1 aliphatic rings. The van der Waals surface area contributed by atoms with Crippen molar-refractivity contribution in [2.75, 3.05) is 7.11 Å². The Balaban J connectivity index is 2.44. The van der Waals surface area contributed by atoms with Gasteiger partial charge >= 0.3 is 0 Å². The van der Waals surface area contributed by atoms with Crippen LogP contribution in [0.1, 0.15) is 26.7 Å². The Morgan fingerprint density at radius 3 is 1.89 bits per heavy atom. The van der Waals surface area contributed by atoms with Crippen LogP contribution in [-0.4, -0.2) is 24.3 Å². The van der Waals surface area contributed by atoms with Crippen LogP contribution in [0.4, 0.5) is 0 Å². The zero-order valence-electron chi connectivity index (χ0n) is 6.42. The molecule has 2 atom stereocenters. The van der Waals surface area contributed by atoms with Crippen LogP contribution < -0.4 is 0 Å². The van der Waals surface area contributed by atoms with Gasteiger partial charge in [-0.25, -0.2) is 0 Å². The summed E-state index contributed by atoms with van der Waals surface area (Å²) in [7, 11) is 1.75. The van der Waals surface area contributed by atoms with Gasteiger partial charge in [-0.05, 0) is 26.7 Å². The molecule has 1 saturated heterocycles. The van der Waals surface area contributed by atoms with Gasteiger partial charge in [-0.15, -0.1) is 0 Å². The Bertz CT molecular complexity index is 84.9. The minimum Gasteiger partial charge on any atom is -0.302 e. The summed E-state index contributed by atoms with van der Waals surface area (Å²) in [5.41, 5.74) is 0. The maximum atomic E-state index is 5.17. The Kier molecular flexibility index (Phi) is 2.09. The molecule has 2 unspecified atom stereocenters. The minimum atomic E-state index is 0.616. The SMILES string of the molecule is CON1C(C)CCC1C. The highest BCUT2D eigenvalue weighted by Crippen LogP contribution is 2.22. The van der Waals surface area contributed by atoms with Crippen molar-refractivity contribution < 1.29 is 4.84 Å². The number of hydrogen-bond acceptors (Lipinski definition) is 2. The number of rotatable bonds is 1. The lowest BCUT2D eigenvalue weighted by Gasteiger charge is -2.22. The van der Waals surface area contributed by atoms with E-state index in [-0.39, 0.29) is 0 Å². The van der Waals surface area contributed by atoms with Crippen molar-refractivity contribution in [1.82, 2.24) is 5.06 Å². The van der Waals surface area contributed by atoms with Gasteiger partial charge in [-0.3, -0.25) is 0 Å². The second-order valence-corrected chi connectivity index (χ2v) is 2.82. The van der Waals surface area contributed by atoms with Gasteiger partial charge in [0.2, 0.25) is 0 Å². The first-order chi connectivity index (χ1) is 4.25. The smallest absolute Gasteiger partial charge is 0.0575 e. The molecule has 0 aliphatic carbocycles. The van der Waals surface area contributed by atoms with E-state index in [1.54, 1.807) is 7.11 Å². The standard InChI is InChI=1S/C7H15NO/c1-6-4-5-7(2)8(6)9-3/h6-7H,4-5H2,1-3H3.